The summed E-state index contributed by atoms with van der Waals surface area (Å²) in [5.41, 5.74) is 0.241. The number of hydrogen-bond donors (Lipinski definition) is 2. The average Bonchev–Trinajstić information content (AvgIpc) is 3.23. The van der Waals surface area contributed by atoms with Crippen LogP contribution in [0.25, 0.3) is 0 Å². The van der Waals surface area contributed by atoms with E-state index < -0.39 is 5.54 Å². The van der Waals surface area contributed by atoms with Crippen LogP contribution in [0.2, 0.25) is 0 Å². The highest BCUT2D eigenvalue weighted by Crippen LogP contribution is 2.37. The number of benzene rings is 1. The average molecular weight is 247 g/mol. The molecule has 1 aromatic carbocycles. The van der Waals surface area contributed by atoms with Gasteiger partial charge in [-0.3, -0.25) is 4.79 Å². The monoisotopic (exact) mass is 247 g/mol. The standard InChI is InChI=1S/C15H21NO2/c1-11(12-8-9-12)14(18)16-15(2,10-17)13-6-4-3-5-7-13/h3-7,11-12,17H,8-10H2,1-2H3,(H,16,18). The van der Waals surface area contributed by atoms with Crippen molar-refractivity contribution in [3.8, 4) is 0 Å². The maximum Gasteiger partial charge on any atom is 0.223 e. The Morgan fingerprint density at radius 1 is 1.44 bits per heavy atom. The number of aliphatic hydroxyl groups is 1. The first-order valence-corrected chi connectivity index (χ1v) is 6.55. The zero-order valence-corrected chi connectivity index (χ0v) is 11.0. The number of rotatable bonds is 5. The van der Waals surface area contributed by atoms with Gasteiger partial charge in [-0.2, -0.15) is 0 Å². The van der Waals surface area contributed by atoms with Gasteiger partial charge in [-0.1, -0.05) is 37.3 Å². The van der Waals surface area contributed by atoms with Crippen molar-refractivity contribution in [1.82, 2.24) is 5.32 Å². The van der Waals surface area contributed by atoms with Gasteiger partial charge in [-0.15, -0.1) is 0 Å². The summed E-state index contributed by atoms with van der Waals surface area (Å²) in [7, 11) is 0. The van der Waals surface area contributed by atoms with Crippen molar-refractivity contribution >= 4 is 5.91 Å². The minimum Gasteiger partial charge on any atom is -0.394 e. The van der Waals surface area contributed by atoms with E-state index in [2.05, 4.69) is 5.32 Å². The van der Waals surface area contributed by atoms with Gasteiger partial charge in [-0.05, 0) is 31.2 Å². The highest BCUT2D eigenvalue weighted by atomic mass is 16.3. The first-order valence-electron chi connectivity index (χ1n) is 6.55. The van der Waals surface area contributed by atoms with Crippen LogP contribution >= 0.6 is 0 Å². The number of carbonyl (C=O) groups is 1. The van der Waals surface area contributed by atoms with Crippen molar-refractivity contribution in [3.63, 3.8) is 0 Å². The third-order valence-corrected chi connectivity index (χ3v) is 3.87. The lowest BCUT2D eigenvalue weighted by Crippen LogP contribution is -2.48. The van der Waals surface area contributed by atoms with Crippen LogP contribution in [-0.4, -0.2) is 17.6 Å². The molecule has 1 fully saturated rings. The Balaban J connectivity index is 2.10. The van der Waals surface area contributed by atoms with Crippen LogP contribution in [0.15, 0.2) is 30.3 Å². The molecule has 1 aliphatic carbocycles. The van der Waals surface area contributed by atoms with Crippen LogP contribution in [0.5, 0.6) is 0 Å². The second-order valence-corrected chi connectivity index (χ2v) is 5.47. The van der Waals surface area contributed by atoms with Gasteiger partial charge in [0.1, 0.15) is 0 Å². The summed E-state index contributed by atoms with van der Waals surface area (Å²) >= 11 is 0. The largest absolute Gasteiger partial charge is 0.394 e. The van der Waals surface area contributed by atoms with Crippen LogP contribution in [0, 0.1) is 11.8 Å². The Morgan fingerprint density at radius 3 is 2.56 bits per heavy atom. The first-order chi connectivity index (χ1) is 8.57. The normalized spacial score (nSPS) is 19.9. The smallest absolute Gasteiger partial charge is 0.223 e. The predicted molar refractivity (Wildman–Crippen MR) is 70.9 cm³/mol. The van der Waals surface area contributed by atoms with E-state index in [1.165, 1.54) is 0 Å². The SMILES string of the molecule is CC(C(=O)NC(C)(CO)c1ccccc1)C1CC1. The Labute approximate surface area is 108 Å². The number of amides is 1. The lowest BCUT2D eigenvalue weighted by molar-refractivity contribution is -0.127. The summed E-state index contributed by atoms with van der Waals surface area (Å²) in [6, 6.07) is 9.62. The van der Waals surface area contributed by atoms with Crippen molar-refractivity contribution in [2.24, 2.45) is 11.8 Å². The zero-order valence-electron chi connectivity index (χ0n) is 11.0. The van der Waals surface area contributed by atoms with E-state index in [9.17, 15) is 9.90 Å². The molecule has 0 radical (unpaired) electrons. The van der Waals surface area contributed by atoms with Crippen molar-refractivity contribution < 1.29 is 9.90 Å². The first kappa shape index (κ1) is 13.1. The van der Waals surface area contributed by atoms with E-state index in [4.69, 9.17) is 0 Å². The molecule has 0 bridgehead atoms. The minimum absolute atomic E-state index is 0.0397. The van der Waals surface area contributed by atoms with Gasteiger partial charge in [0.25, 0.3) is 0 Å². The zero-order chi connectivity index (χ0) is 13.2. The second kappa shape index (κ2) is 5.11. The number of nitrogens with one attached hydrogen (secondary N) is 1. The van der Waals surface area contributed by atoms with Gasteiger partial charge < -0.3 is 10.4 Å². The van der Waals surface area contributed by atoms with Crippen LogP contribution in [0.1, 0.15) is 32.3 Å². The molecule has 2 atom stereocenters. The maximum absolute atomic E-state index is 12.2. The second-order valence-electron chi connectivity index (χ2n) is 5.47. The quantitative estimate of drug-likeness (QED) is 0.836. The molecular formula is C15H21NO2. The Kier molecular flexibility index (Phi) is 3.71. The van der Waals surface area contributed by atoms with Gasteiger partial charge in [0.2, 0.25) is 5.91 Å². The van der Waals surface area contributed by atoms with E-state index in [1.807, 2.05) is 44.2 Å². The predicted octanol–water partition coefficient (Wildman–Crippen LogP) is 2.06. The number of aliphatic hydroxyl groups excluding tert-OH is 1. The Bertz CT molecular complexity index is 414. The number of hydrogen-bond acceptors (Lipinski definition) is 2. The van der Waals surface area contributed by atoms with Gasteiger partial charge in [0.15, 0.2) is 0 Å². The highest BCUT2D eigenvalue weighted by Gasteiger charge is 2.36. The summed E-state index contributed by atoms with van der Waals surface area (Å²) in [5, 5.41) is 12.6. The molecular weight excluding hydrogens is 226 g/mol. The lowest BCUT2D eigenvalue weighted by atomic mass is 9.91. The molecule has 2 unspecified atom stereocenters. The molecule has 0 spiro atoms. The molecule has 3 nitrogen and oxygen atoms in total. The summed E-state index contributed by atoms with van der Waals surface area (Å²) in [5.74, 6) is 0.612. The summed E-state index contributed by atoms with van der Waals surface area (Å²) < 4.78 is 0. The van der Waals surface area contributed by atoms with E-state index in [1.54, 1.807) is 0 Å². The van der Waals surface area contributed by atoms with E-state index in [-0.39, 0.29) is 18.4 Å². The van der Waals surface area contributed by atoms with Crippen molar-refractivity contribution in [3.05, 3.63) is 35.9 Å². The van der Waals surface area contributed by atoms with E-state index in [0.29, 0.717) is 5.92 Å². The summed E-state index contributed by atoms with van der Waals surface area (Å²) in [6.07, 6.45) is 2.30. The van der Waals surface area contributed by atoms with E-state index in [0.717, 1.165) is 18.4 Å². The Hall–Kier alpha value is -1.35. The van der Waals surface area contributed by atoms with Crippen LogP contribution in [0.4, 0.5) is 0 Å². The highest BCUT2D eigenvalue weighted by molar-refractivity contribution is 5.80. The molecule has 18 heavy (non-hydrogen) atoms. The summed E-state index contributed by atoms with van der Waals surface area (Å²) in [6.45, 7) is 3.73. The molecule has 0 aromatic heterocycles. The fraction of sp³-hybridized carbons (Fsp3) is 0.533. The summed E-state index contributed by atoms with van der Waals surface area (Å²) in [4.78, 5) is 12.2. The fourth-order valence-corrected chi connectivity index (χ4v) is 2.21. The molecule has 0 aliphatic heterocycles. The van der Waals surface area contributed by atoms with Gasteiger partial charge in [0.05, 0.1) is 12.1 Å². The molecule has 2 N–H and O–H groups in total. The molecule has 0 heterocycles. The van der Waals surface area contributed by atoms with Crippen molar-refractivity contribution in [2.45, 2.75) is 32.2 Å². The van der Waals surface area contributed by atoms with Gasteiger partial charge in [0, 0.05) is 5.92 Å². The fourth-order valence-electron chi connectivity index (χ4n) is 2.21. The molecule has 3 heteroatoms. The molecule has 1 amide bonds. The minimum atomic E-state index is -0.693. The van der Waals surface area contributed by atoms with Crippen LogP contribution in [0.3, 0.4) is 0 Å². The van der Waals surface area contributed by atoms with Crippen molar-refractivity contribution in [1.29, 1.82) is 0 Å². The maximum atomic E-state index is 12.2. The molecule has 1 saturated carbocycles. The molecule has 98 valence electrons. The third-order valence-electron chi connectivity index (χ3n) is 3.87. The number of carbonyl (C=O) groups excluding carboxylic acids is 1. The molecule has 2 rings (SSSR count). The van der Waals surface area contributed by atoms with Crippen LogP contribution < -0.4 is 5.32 Å². The molecule has 1 aliphatic rings. The third kappa shape index (κ3) is 2.72. The van der Waals surface area contributed by atoms with Gasteiger partial charge >= 0.3 is 0 Å². The van der Waals surface area contributed by atoms with Crippen molar-refractivity contribution in [2.75, 3.05) is 6.61 Å². The van der Waals surface area contributed by atoms with Crippen LogP contribution in [-0.2, 0) is 10.3 Å². The Morgan fingerprint density at radius 2 is 2.06 bits per heavy atom. The molecule has 0 saturated heterocycles. The molecule has 1 aromatic rings. The topological polar surface area (TPSA) is 49.3 Å². The van der Waals surface area contributed by atoms with Gasteiger partial charge in [-0.25, -0.2) is 0 Å². The lowest BCUT2D eigenvalue weighted by Gasteiger charge is -2.30. The van der Waals surface area contributed by atoms with E-state index >= 15 is 0 Å².